The Balaban J connectivity index is 1.83. The second kappa shape index (κ2) is 9.61. The number of halogens is 6. The minimum Gasteiger partial charge on any atom is -0.482 e. The molecule has 2 aromatic carbocycles. The van der Waals surface area contributed by atoms with Crippen molar-refractivity contribution in [2.45, 2.75) is 36.8 Å². The molecule has 5 nitrogen and oxygen atoms in total. The van der Waals surface area contributed by atoms with Crippen molar-refractivity contribution in [2.75, 3.05) is 6.61 Å². The number of hydrogen-bond acceptors (Lipinski definition) is 4. The van der Waals surface area contributed by atoms with Crippen LogP contribution in [0, 0.1) is 13.8 Å². The van der Waals surface area contributed by atoms with Gasteiger partial charge in [0.15, 0.2) is 6.61 Å². The fourth-order valence-corrected chi connectivity index (χ4v) is 4.11. The first-order valence-corrected chi connectivity index (χ1v) is 10.7. The molecule has 0 aliphatic heterocycles. The Hall–Kier alpha value is -3.15. The molecule has 3 rings (SSSR count). The zero-order chi connectivity index (χ0) is 25.3. The van der Waals surface area contributed by atoms with Crippen molar-refractivity contribution >= 4 is 17.7 Å². The number of nitrogens with zero attached hydrogens (tertiary/aromatic N) is 2. The summed E-state index contributed by atoms with van der Waals surface area (Å²) in [5.41, 5.74) is -1.43. The third-order valence-corrected chi connectivity index (χ3v) is 5.86. The van der Waals surface area contributed by atoms with Crippen LogP contribution in [-0.4, -0.2) is 27.5 Å². The molecule has 0 atom stereocenters. The summed E-state index contributed by atoms with van der Waals surface area (Å²) in [4.78, 5) is 11.4. The summed E-state index contributed by atoms with van der Waals surface area (Å²) >= 11 is 1.37. The number of thioether (sulfide) groups is 1. The fourth-order valence-electron chi connectivity index (χ4n) is 3.08. The Labute approximate surface area is 194 Å². The number of carboxylic acid groups (broad SMARTS) is 1. The number of aryl methyl sites for hydroxylation is 1. The van der Waals surface area contributed by atoms with Crippen molar-refractivity contribution in [2.24, 2.45) is 0 Å². The monoisotopic (exact) mass is 504 g/mol. The molecule has 0 aliphatic carbocycles. The lowest BCUT2D eigenvalue weighted by Crippen LogP contribution is -2.13. The average molecular weight is 504 g/mol. The van der Waals surface area contributed by atoms with Crippen LogP contribution in [0.4, 0.5) is 26.3 Å². The molecule has 0 aliphatic rings. The summed E-state index contributed by atoms with van der Waals surface area (Å²) in [5.74, 6) is -0.333. The van der Waals surface area contributed by atoms with Gasteiger partial charge in [0, 0.05) is 21.9 Å². The predicted octanol–water partition coefficient (Wildman–Crippen LogP) is 6.28. The van der Waals surface area contributed by atoms with Gasteiger partial charge in [0.25, 0.3) is 0 Å². The number of hydrogen-bond donors (Lipinski definition) is 1. The first-order chi connectivity index (χ1) is 15.8. The molecule has 182 valence electrons. The highest BCUT2D eigenvalue weighted by atomic mass is 32.2. The van der Waals surface area contributed by atoms with E-state index in [0.29, 0.717) is 40.5 Å². The summed E-state index contributed by atoms with van der Waals surface area (Å²) < 4.78 is 85.3. The minimum atomic E-state index is -4.95. The Morgan fingerprint density at radius 1 is 1.03 bits per heavy atom. The zero-order valence-corrected chi connectivity index (χ0v) is 18.6. The van der Waals surface area contributed by atoms with Crippen LogP contribution >= 0.6 is 11.8 Å². The van der Waals surface area contributed by atoms with E-state index in [1.807, 2.05) is 0 Å². The first-order valence-electron chi connectivity index (χ1n) is 9.67. The van der Waals surface area contributed by atoms with E-state index in [2.05, 4.69) is 5.10 Å². The fraction of sp³-hybridized carbons (Fsp3) is 0.273. The largest absolute Gasteiger partial charge is 0.482 e. The van der Waals surface area contributed by atoms with E-state index in [4.69, 9.17) is 9.84 Å². The van der Waals surface area contributed by atoms with E-state index < -0.39 is 36.1 Å². The molecule has 0 amide bonds. The van der Waals surface area contributed by atoms with E-state index in [9.17, 15) is 31.1 Å². The van der Waals surface area contributed by atoms with E-state index in [1.54, 1.807) is 32.0 Å². The van der Waals surface area contributed by atoms with Crippen LogP contribution in [0.1, 0.15) is 27.9 Å². The van der Waals surface area contributed by atoms with Crippen molar-refractivity contribution in [1.29, 1.82) is 0 Å². The maximum Gasteiger partial charge on any atom is 0.416 e. The minimum absolute atomic E-state index is 0.0747. The van der Waals surface area contributed by atoms with Crippen LogP contribution < -0.4 is 4.74 Å². The van der Waals surface area contributed by atoms with Gasteiger partial charge in [-0.25, -0.2) is 9.48 Å². The van der Waals surface area contributed by atoms with Crippen LogP contribution in [-0.2, 0) is 22.9 Å². The van der Waals surface area contributed by atoms with Crippen LogP contribution in [0.3, 0.4) is 0 Å². The highest BCUT2D eigenvalue weighted by Crippen LogP contribution is 2.37. The Morgan fingerprint density at radius 3 is 2.18 bits per heavy atom. The quantitative estimate of drug-likeness (QED) is 0.303. The Morgan fingerprint density at radius 2 is 1.65 bits per heavy atom. The van der Waals surface area contributed by atoms with Gasteiger partial charge in [0.05, 0.1) is 23.0 Å². The van der Waals surface area contributed by atoms with Gasteiger partial charge >= 0.3 is 18.3 Å². The van der Waals surface area contributed by atoms with Crippen molar-refractivity contribution in [3.05, 3.63) is 70.5 Å². The van der Waals surface area contributed by atoms with E-state index in [-0.39, 0.29) is 11.8 Å². The lowest BCUT2D eigenvalue weighted by atomic mass is 10.1. The van der Waals surface area contributed by atoms with Crippen molar-refractivity contribution < 1.29 is 41.0 Å². The number of aromatic nitrogens is 2. The molecule has 0 saturated carbocycles. The van der Waals surface area contributed by atoms with Gasteiger partial charge in [0.2, 0.25) is 0 Å². The standard InChI is InChI=1S/C22H18F6N2O3S/c1-12-5-18(3-4-19(12)33-10-20(31)32)34-11-14-9-29-30(13(14)2)17-7-15(21(23,24)25)6-16(8-17)22(26,27)28/h3-9H,10-11H2,1-2H3,(H,31,32). The van der Waals surface area contributed by atoms with Crippen LogP contribution in [0.5, 0.6) is 5.75 Å². The van der Waals surface area contributed by atoms with Crippen LogP contribution in [0.25, 0.3) is 5.69 Å². The molecule has 1 aromatic heterocycles. The predicted molar refractivity (Wildman–Crippen MR) is 112 cm³/mol. The lowest BCUT2D eigenvalue weighted by molar-refractivity contribution is -0.143. The summed E-state index contributed by atoms with van der Waals surface area (Å²) in [5, 5.41) is 12.7. The smallest absolute Gasteiger partial charge is 0.416 e. The van der Waals surface area contributed by atoms with Gasteiger partial charge in [0.1, 0.15) is 5.75 Å². The number of aliphatic carboxylic acids is 1. The molecule has 0 saturated heterocycles. The Bertz CT molecular complexity index is 1170. The molecular weight excluding hydrogens is 486 g/mol. The van der Waals surface area contributed by atoms with Crippen LogP contribution in [0.2, 0.25) is 0 Å². The van der Waals surface area contributed by atoms with Crippen molar-refractivity contribution in [3.63, 3.8) is 0 Å². The first kappa shape index (κ1) is 25.5. The van der Waals surface area contributed by atoms with Gasteiger partial charge in [-0.3, -0.25) is 0 Å². The van der Waals surface area contributed by atoms with E-state index in [1.165, 1.54) is 18.0 Å². The molecule has 1 heterocycles. The molecule has 12 heteroatoms. The highest BCUT2D eigenvalue weighted by molar-refractivity contribution is 7.98. The second-order valence-electron chi connectivity index (χ2n) is 7.33. The summed E-state index contributed by atoms with van der Waals surface area (Å²) in [6, 6.07) is 6.46. The maximum atomic E-state index is 13.2. The summed E-state index contributed by atoms with van der Waals surface area (Å²) in [7, 11) is 0. The third-order valence-electron chi connectivity index (χ3n) is 4.82. The number of benzene rings is 2. The van der Waals surface area contributed by atoms with Crippen molar-refractivity contribution in [1.82, 2.24) is 9.78 Å². The molecular formula is C22H18F6N2O3S. The molecule has 0 unspecified atom stereocenters. The number of alkyl halides is 6. The SMILES string of the molecule is Cc1cc(SCc2cnn(-c3cc(C(F)(F)F)cc(C(F)(F)F)c3)c2C)ccc1OCC(=O)O. The molecule has 3 aromatic rings. The average Bonchev–Trinajstić information content (AvgIpc) is 3.10. The molecule has 34 heavy (non-hydrogen) atoms. The van der Waals surface area contributed by atoms with Gasteiger partial charge < -0.3 is 9.84 Å². The lowest BCUT2D eigenvalue weighted by Gasteiger charge is -2.15. The van der Waals surface area contributed by atoms with Crippen molar-refractivity contribution in [3.8, 4) is 11.4 Å². The number of carbonyl (C=O) groups is 1. The zero-order valence-electron chi connectivity index (χ0n) is 17.8. The number of ether oxygens (including phenoxy) is 1. The topological polar surface area (TPSA) is 64.4 Å². The normalized spacial score (nSPS) is 12.1. The molecule has 1 N–H and O–H groups in total. The number of rotatable bonds is 7. The van der Waals surface area contributed by atoms with E-state index >= 15 is 0 Å². The van der Waals surface area contributed by atoms with Gasteiger partial charge in [-0.2, -0.15) is 31.4 Å². The number of carboxylic acids is 1. The molecule has 0 spiro atoms. The van der Waals surface area contributed by atoms with Gasteiger partial charge in [-0.1, -0.05) is 0 Å². The third kappa shape index (κ3) is 6.04. The Kier molecular flexibility index (Phi) is 7.20. The maximum absolute atomic E-state index is 13.2. The van der Waals surface area contributed by atoms with Gasteiger partial charge in [-0.15, -0.1) is 11.8 Å². The van der Waals surface area contributed by atoms with Gasteiger partial charge in [-0.05, 0) is 55.8 Å². The summed E-state index contributed by atoms with van der Waals surface area (Å²) in [6.45, 7) is 2.83. The van der Waals surface area contributed by atoms with Crippen LogP contribution in [0.15, 0.2) is 47.5 Å². The molecule has 0 radical (unpaired) electrons. The second-order valence-corrected chi connectivity index (χ2v) is 8.38. The molecule has 0 bridgehead atoms. The molecule has 0 fully saturated rings. The highest BCUT2D eigenvalue weighted by Gasteiger charge is 2.37. The summed E-state index contributed by atoms with van der Waals surface area (Å²) in [6.07, 6.45) is -8.51. The van der Waals surface area contributed by atoms with E-state index in [0.717, 1.165) is 9.58 Å².